The van der Waals surface area contributed by atoms with Gasteiger partial charge < -0.3 is 4.74 Å². The van der Waals surface area contributed by atoms with Crippen LogP contribution in [0.5, 0.6) is 0 Å². The zero-order valence-corrected chi connectivity index (χ0v) is 12.0. The van der Waals surface area contributed by atoms with Crippen molar-refractivity contribution in [3.8, 4) is 10.4 Å². The fourth-order valence-corrected chi connectivity index (χ4v) is 3.01. The SMILES string of the molecule is CCOC(=O)c1c(C)nc2[nH]ncc2c1-c1cccs1. The minimum Gasteiger partial charge on any atom is -0.462 e. The van der Waals surface area contributed by atoms with E-state index in [1.165, 1.54) is 0 Å². The van der Waals surface area contributed by atoms with E-state index in [2.05, 4.69) is 15.2 Å². The number of hydrogen-bond donors (Lipinski definition) is 1. The first-order valence-corrected chi connectivity index (χ1v) is 7.15. The number of carbonyl (C=O) groups is 1. The van der Waals surface area contributed by atoms with Gasteiger partial charge in [0, 0.05) is 15.8 Å². The quantitative estimate of drug-likeness (QED) is 0.751. The molecule has 0 fully saturated rings. The molecule has 6 heteroatoms. The molecule has 3 rings (SSSR count). The lowest BCUT2D eigenvalue weighted by atomic mass is 10.0. The number of thiophene rings is 1. The predicted molar refractivity (Wildman–Crippen MR) is 77.9 cm³/mol. The van der Waals surface area contributed by atoms with Crippen LogP contribution in [0.15, 0.2) is 23.7 Å². The number of aromatic amines is 1. The molecule has 0 spiro atoms. The van der Waals surface area contributed by atoms with Gasteiger partial charge in [-0.15, -0.1) is 11.3 Å². The van der Waals surface area contributed by atoms with Crippen LogP contribution in [0.4, 0.5) is 0 Å². The molecule has 3 heterocycles. The maximum absolute atomic E-state index is 12.3. The molecule has 0 amide bonds. The summed E-state index contributed by atoms with van der Waals surface area (Å²) in [6, 6.07) is 3.94. The highest BCUT2D eigenvalue weighted by Gasteiger charge is 2.22. The molecule has 0 radical (unpaired) electrons. The first-order valence-electron chi connectivity index (χ1n) is 6.27. The van der Waals surface area contributed by atoms with Crippen molar-refractivity contribution in [2.45, 2.75) is 13.8 Å². The van der Waals surface area contributed by atoms with Crippen LogP contribution >= 0.6 is 11.3 Å². The standard InChI is InChI=1S/C14H13N3O2S/c1-3-19-14(18)11-8(2)16-13-9(7-15-17-13)12(11)10-5-4-6-20-10/h4-7H,3H2,1-2H3,(H,15,16,17). The summed E-state index contributed by atoms with van der Waals surface area (Å²) in [4.78, 5) is 17.7. The van der Waals surface area contributed by atoms with E-state index in [4.69, 9.17) is 4.74 Å². The number of ether oxygens (including phenoxy) is 1. The number of hydrogen-bond acceptors (Lipinski definition) is 5. The van der Waals surface area contributed by atoms with E-state index < -0.39 is 0 Å². The number of nitrogens with zero attached hydrogens (tertiary/aromatic N) is 2. The summed E-state index contributed by atoms with van der Waals surface area (Å²) in [6.07, 6.45) is 1.69. The van der Waals surface area contributed by atoms with E-state index in [0.29, 0.717) is 23.5 Å². The third-order valence-corrected chi connectivity index (χ3v) is 3.91. The van der Waals surface area contributed by atoms with Crippen molar-refractivity contribution < 1.29 is 9.53 Å². The van der Waals surface area contributed by atoms with Crippen LogP contribution in [0, 0.1) is 6.92 Å². The molecule has 0 saturated heterocycles. The van der Waals surface area contributed by atoms with E-state index in [0.717, 1.165) is 15.8 Å². The van der Waals surface area contributed by atoms with Gasteiger partial charge in [0.1, 0.15) is 0 Å². The highest BCUT2D eigenvalue weighted by molar-refractivity contribution is 7.13. The maximum atomic E-state index is 12.3. The number of aromatic nitrogens is 3. The lowest BCUT2D eigenvalue weighted by Crippen LogP contribution is -2.10. The highest BCUT2D eigenvalue weighted by atomic mass is 32.1. The van der Waals surface area contributed by atoms with Crippen LogP contribution in [0.3, 0.4) is 0 Å². The summed E-state index contributed by atoms with van der Waals surface area (Å²) < 4.78 is 5.17. The highest BCUT2D eigenvalue weighted by Crippen LogP contribution is 2.35. The number of pyridine rings is 1. The van der Waals surface area contributed by atoms with Crippen LogP contribution in [0.25, 0.3) is 21.5 Å². The fraction of sp³-hybridized carbons (Fsp3) is 0.214. The van der Waals surface area contributed by atoms with E-state index in [1.54, 1.807) is 24.5 Å². The van der Waals surface area contributed by atoms with Crippen molar-refractivity contribution in [3.05, 3.63) is 35.0 Å². The molecule has 0 unspecified atom stereocenters. The second-order valence-corrected chi connectivity index (χ2v) is 5.22. The Morgan fingerprint density at radius 1 is 1.50 bits per heavy atom. The fourth-order valence-electron chi connectivity index (χ4n) is 2.22. The van der Waals surface area contributed by atoms with Gasteiger partial charge in [-0.3, -0.25) is 5.10 Å². The predicted octanol–water partition coefficient (Wildman–Crippen LogP) is 3.17. The second-order valence-electron chi connectivity index (χ2n) is 4.28. The third-order valence-electron chi connectivity index (χ3n) is 3.03. The van der Waals surface area contributed by atoms with Crippen molar-refractivity contribution in [2.75, 3.05) is 6.61 Å². The molecule has 3 aromatic heterocycles. The zero-order valence-electron chi connectivity index (χ0n) is 11.1. The Morgan fingerprint density at radius 3 is 3.05 bits per heavy atom. The summed E-state index contributed by atoms with van der Waals surface area (Å²) in [7, 11) is 0. The van der Waals surface area contributed by atoms with Crippen molar-refractivity contribution in [3.63, 3.8) is 0 Å². The molecular weight excluding hydrogens is 274 g/mol. The van der Waals surface area contributed by atoms with Gasteiger partial charge in [-0.1, -0.05) is 6.07 Å². The molecule has 0 aliphatic carbocycles. The third kappa shape index (κ3) is 1.98. The van der Waals surface area contributed by atoms with Crippen LogP contribution in [-0.4, -0.2) is 27.8 Å². The van der Waals surface area contributed by atoms with Crippen LogP contribution < -0.4 is 0 Å². The number of fused-ring (bicyclic) bond motifs is 1. The molecule has 102 valence electrons. The van der Waals surface area contributed by atoms with Gasteiger partial charge in [0.15, 0.2) is 5.65 Å². The molecule has 0 saturated carbocycles. The topological polar surface area (TPSA) is 67.9 Å². The molecule has 0 aromatic carbocycles. The number of H-pyrrole nitrogens is 1. The molecular formula is C14H13N3O2S. The first-order chi connectivity index (χ1) is 9.72. The van der Waals surface area contributed by atoms with E-state index >= 15 is 0 Å². The minimum absolute atomic E-state index is 0.339. The van der Waals surface area contributed by atoms with Gasteiger partial charge in [-0.25, -0.2) is 9.78 Å². The number of esters is 1. The van der Waals surface area contributed by atoms with Crippen molar-refractivity contribution >= 4 is 28.3 Å². The Labute approximate surface area is 119 Å². The molecule has 0 aliphatic heterocycles. The number of aryl methyl sites for hydroxylation is 1. The zero-order chi connectivity index (χ0) is 14.1. The normalized spacial score (nSPS) is 10.9. The minimum atomic E-state index is -0.344. The monoisotopic (exact) mass is 287 g/mol. The molecule has 20 heavy (non-hydrogen) atoms. The molecule has 0 atom stereocenters. The Morgan fingerprint density at radius 2 is 2.35 bits per heavy atom. The summed E-state index contributed by atoms with van der Waals surface area (Å²) >= 11 is 1.58. The Balaban J connectivity index is 2.34. The average Bonchev–Trinajstić information content (AvgIpc) is 3.07. The molecule has 1 N–H and O–H groups in total. The molecule has 0 aliphatic rings. The van der Waals surface area contributed by atoms with Crippen molar-refractivity contribution in [1.82, 2.24) is 15.2 Å². The Hall–Kier alpha value is -2.21. The summed E-state index contributed by atoms with van der Waals surface area (Å²) in [5.74, 6) is -0.344. The second kappa shape index (κ2) is 5.05. The Kier molecular flexibility index (Phi) is 3.23. The van der Waals surface area contributed by atoms with E-state index in [1.807, 2.05) is 24.4 Å². The number of carbonyl (C=O) groups excluding carboxylic acids is 1. The van der Waals surface area contributed by atoms with Gasteiger partial charge >= 0.3 is 5.97 Å². The summed E-state index contributed by atoms with van der Waals surface area (Å²) in [5, 5.41) is 9.69. The van der Waals surface area contributed by atoms with E-state index in [-0.39, 0.29) is 5.97 Å². The number of rotatable bonds is 3. The first kappa shape index (κ1) is 12.8. The van der Waals surface area contributed by atoms with Crippen LogP contribution in [0.2, 0.25) is 0 Å². The molecule has 5 nitrogen and oxygen atoms in total. The van der Waals surface area contributed by atoms with Gasteiger partial charge in [-0.2, -0.15) is 5.10 Å². The summed E-state index contributed by atoms with van der Waals surface area (Å²) in [5.41, 5.74) is 2.68. The van der Waals surface area contributed by atoms with Gasteiger partial charge in [0.2, 0.25) is 0 Å². The largest absolute Gasteiger partial charge is 0.462 e. The smallest absolute Gasteiger partial charge is 0.340 e. The van der Waals surface area contributed by atoms with Crippen molar-refractivity contribution in [2.24, 2.45) is 0 Å². The van der Waals surface area contributed by atoms with Gasteiger partial charge in [0.05, 0.1) is 24.1 Å². The Bertz CT molecular complexity index is 762. The molecule has 0 bridgehead atoms. The lowest BCUT2D eigenvalue weighted by molar-refractivity contribution is 0.0526. The number of nitrogens with one attached hydrogen (secondary N) is 1. The summed E-state index contributed by atoms with van der Waals surface area (Å²) in [6.45, 7) is 3.94. The average molecular weight is 287 g/mol. The maximum Gasteiger partial charge on any atom is 0.340 e. The van der Waals surface area contributed by atoms with Crippen LogP contribution in [-0.2, 0) is 4.74 Å². The van der Waals surface area contributed by atoms with E-state index in [9.17, 15) is 4.79 Å². The lowest BCUT2D eigenvalue weighted by Gasteiger charge is -2.11. The molecule has 3 aromatic rings. The van der Waals surface area contributed by atoms with Crippen molar-refractivity contribution in [1.29, 1.82) is 0 Å². The van der Waals surface area contributed by atoms with Gasteiger partial charge in [-0.05, 0) is 25.3 Å². The van der Waals surface area contributed by atoms with Gasteiger partial charge in [0.25, 0.3) is 0 Å². The van der Waals surface area contributed by atoms with Crippen LogP contribution in [0.1, 0.15) is 23.0 Å².